The minimum absolute atomic E-state index is 0.119. The average molecular weight is 439 g/mol. The number of likely N-dealkylation sites (tertiary alicyclic amines) is 1. The molecule has 0 aromatic carbocycles. The molecule has 0 atom stereocenters. The van der Waals surface area contributed by atoms with Gasteiger partial charge < -0.3 is 18.8 Å². The van der Waals surface area contributed by atoms with E-state index in [0.29, 0.717) is 17.5 Å². The fraction of sp³-hybridized carbons (Fsp3) is 0.458. The van der Waals surface area contributed by atoms with Crippen LogP contribution in [0.25, 0.3) is 6.08 Å². The van der Waals surface area contributed by atoms with Crippen LogP contribution in [0, 0.1) is 13.8 Å². The molecule has 4 rings (SSSR count). The number of hydrogen-bond donors (Lipinski definition) is 1. The molecule has 0 bridgehead atoms. The van der Waals surface area contributed by atoms with E-state index >= 15 is 0 Å². The van der Waals surface area contributed by atoms with Gasteiger partial charge in [0.15, 0.2) is 12.2 Å². The number of carbonyl (C=O) groups excluding carboxylic acids is 1. The van der Waals surface area contributed by atoms with Crippen molar-refractivity contribution < 1.29 is 19.1 Å². The van der Waals surface area contributed by atoms with E-state index in [9.17, 15) is 9.90 Å². The van der Waals surface area contributed by atoms with E-state index in [0.717, 1.165) is 49.4 Å². The molecule has 8 heteroatoms. The van der Waals surface area contributed by atoms with E-state index in [4.69, 9.17) is 9.15 Å². The van der Waals surface area contributed by atoms with E-state index in [-0.39, 0.29) is 17.9 Å². The predicted molar refractivity (Wildman–Crippen MR) is 121 cm³/mol. The monoisotopic (exact) mass is 438 g/mol. The lowest BCUT2D eigenvalue weighted by Crippen LogP contribution is -2.34. The van der Waals surface area contributed by atoms with Crippen LogP contribution >= 0.6 is 0 Å². The van der Waals surface area contributed by atoms with Crippen molar-refractivity contribution in [2.45, 2.75) is 53.1 Å². The van der Waals surface area contributed by atoms with Crippen molar-refractivity contribution >= 4 is 17.8 Å². The third-order valence-corrected chi connectivity index (χ3v) is 6.22. The van der Waals surface area contributed by atoms with Gasteiger partial charge in [0.25, 0.3) is 0 Å². The van der Waals surface area contributed by atoms with Crippen LogP contribution in [0.15, 0.2) is 45.2 Å². The normalized spacial score (nSPS) is 19.1. The lowest BCUT2D eigenvalue weighted by atomic mass is 10.0. The van der Waals surface area contributed by atoms with E-state index in [2.05, 4.69) is 39.4 Å². The number of aryl methyl sites for hydroxylation is 1. The summed E-state index contributed by atoms with van der Waals surface area (Å²) in [6.45, 7) is 10.7. The first-order chi connectivity index (χ1) is 15.4. The zero-order chi connectivity index (χ0) is 22.8. The van der Waals surface area contributed by atoms with Gasteiger partial charge in [-0.2, -0.15) is 0 Å². The Labute approximate surface area is 187 Å². The summed E-state index contributed by atoms with van der Waals surface area (Å²) in [6, 6.07) is 2.54. The van der Waals surface area contributed by atoms with E-state index in [1.807, 2.05) is 6.08 Å². The van der Waals surface area contributed by atoms with Crippen LogP contribution in [0.5, 0.6) is 0 Å². The predicted octanol–water partition coefficient (Wildman–Crippen LogP) is 4.12. The number of carbonyl (C=O) groups is 1. The van der Waals surface area contributed by atoms with Gasteiger partial charge in [0.05, 0.1) is 18.0 Å². The number of nitrogens with zero attached hydrogens (tertiary/aromatic N) is 4. The molecule has 0 aliphatic carbocycles. The molecule has 1 N–H and O–H groups in total. The highest BCUT2D eigenvalue weighted by molar-refractivity contribution is 6.22. The molecule has 2 aliphatic rings. The second-order valence-electron chi connectivity index (χ2n) is 8.35. The highest BCUT2D eigenvalue weighted by Gasteiger charge is 2.28. The Bertz CT molecular complexity index is 1080. The summed E-state index contributed by atoms with van der Waals surface area (Å²) in [6.07, 6.45) is 7.14. The smallest absolute Gasteiger partial charge is 0.343 e. The first-order valence-corrected chi connectivity index (χ1v) is 11.0. The molecule has 1 fully saturated rings. The fourth-order valence-electron chi connectivity index (χ4n) is 4.68. The number of rotatable bonds is 6. The summed E-state index contributed by atoms with van der Waals surface area (Å²) < 4.78 is 12.5. The van der Waals surface area contributed by atoms with E-state index in [1.165, 1.54) is 12.1 Å². The quantitative estimate of drug-likeness (QED) is 0.682. The largest absolute Gasteiger partial charge is 0.505 e. The Balaban J connectivity index is 1.51. The van der Waals surface area contributed by atoms with Crippen LogP contribution < -0.4 is 0 Å². The lowest BCUT2D eigenvalue weighted by Gasteiger charge is -2.33. The molecule has 2 aromatic rings. The van der Waals surface area contributed by atoms with Gasteiger partial charge in [0, 0.05) is 37.1 Å². The van der Waals surface area contributed by atoms with E-state index in [1.54, 1.807) is 20.1 Å². The van der Waals surface area contributed by atoms with Gasteiger partial charge >= 0.3 is 5.97 Å². The average Bonchev–Trinajstić information content (AvgIpc) is 3.43. The van der Waals surface area contributed by atoms with Crippen molar-refractivity contribution in [1.82, 2.24) is 14.5 Å². The van der Waals surface area contributed by atoms with Gasteiger partial charge in [-0.3, -0.25) is 4.90 Å². The molecule has 1 saturated heterocycles. The molecule has 170 valence electrons. The number of aromatic nitrogens is 2. The van der Waals surface area contributed by atoms with Crippen LogP contribution in [0.1, 0.15) is 55.4 Å². The molecule has 0 radical (unpaired) electrons. The first-order valence-electron chi connectivity index (χ1n) is 11.0. The zero-order valence-electron chi connectivity index (χ0n) is 19.1. The van der Waals surface area contributed by atoms with Crippen molar-refractivity contribution in [3.8, 4) is 0 Å². The number of oxazole rings is 1. The molecule has 0 unspecified atom stereocenters. The van der Waals surface area contributed by atoms with Gasteiger partial charge in [0.2, 0.25) is 0 Å². The molecular formula is C24H30N4O4. The molecule has 0 spiro atoms. The van der Waals surface area contributed by atoms with Crippen molar-refractivity contribution in [3.05, 3.63) is 58.4 Å². The zero-order valence-corrected chi connectivity index (χ0v) is 19.1. The Kier molecular flexibility index (Phi) is 6.32. The third-order valence-electron chi connectivity index (χ3n) is 6.22. The van der Waals surface area contributed by atoms with Crippen LogP contribution in [0.4, 0.5) is 0 Å². The molecule has 0 saturated carbocycles. The number of esters is 1. The summed E-state index contributed by atoms with van der Waals surface area (Å²) >= 11 is 0. The summed E-state index contributed by atoms with van der Waals surface area (Å²) in [5, 5.41) is 10.6. The summed E-state index contributed by atoms with van der Waals surface area (Å²) in [5.74, 6) is -0.663. The minimum atomic E-state index is -0.544. The molecule has 32 heavy (non-hydrogen) atoms. The number of piperidine rings is 1. The molecule has 8 nitrogen and oxygen atoms in total. The Hall–Kier alpha value is -3.13. The molecular weight excluding hydrogens is 408 g/mol. The number of ether oxygens (including phenoxy) is 1. The van der Waals surface area contributed by atoms with Gasteiger partial charge in [-0.05, 0) is 58.2 Å². The number of aliphatic imine (C=N–C) groups is 1. The second-order valence-corrected chi connectivity index (χ2v) is 8.35. The maximum absolute atomic E-state index is 12.2. The third kappa shape index (κ3) is 4.27. The Morgan fingerprint density at radius 2 is 2.06 bits per heavy atom. The van der Waals surface area contributed by atoms with Gasteiger partial charge in [-0.1, -0.05) is 0 Å². The maximum Gasteiger partial charge on any atom is 0.343 e. The van der Waals surface area contributed by atoms with Crippen LogP contribution in [-0.4, -0.2) is 50.9 Å². The summed E-state index contributed by atoms with van der Waals surface area (Å²) in [4.78, 5) is 23.2. The van der Waals surface area contributed by atoms with Crippen molar-refractivity contribution in [1.29, 1.82) is 0 Å². The number of hydrogen-bond acceptors (Lipinski definition) is 7. The SMILES string of the molecule is CCOC(=O)C1=C(O)/C(=C\c2cc(C)n(C3CCN(Cc4cocn4)CC3)c2C)N=C1C. The Morgan fingerprint density at radius 3 is 2.72 bits per heavy atom. The molecule has 0 amide bonds. The Morgan fingerprint density at radius 1 is 1.31 bits per heavy atom. The van der Waals surface area contributed by atoms with Gasteiger partial charge in [0.1, 0.15) is 17.5 Å². The molecule has 4 heterocycles. The van der Waals surface area contributed by atoms with Crippen molar-refractivity contribution in [3.63, 3.8) is 0 Å². The highest BCUT2D eigenvalue weighted by Crippen LogP contribution is 2.32. The van der Waals surface area contributed by atoms with Crippen LogP contribution in [-0.2, 0) is 16.1 Å². The summed E-state index contributed by atoms with van der Waals surface area (Å²) in [5.41, 5.74) is 5.29. The molecule has 2 aromatic heterocycles. The molecule has 2 aliphatic heterocycles. The number of aliphatic hydroxyl groups excluding tert-OH is 1. The summed E-state index contributed by atoms with van der Waals surface area (Å²) in [7, 11) is 0. The number of aliphatic hydroxyl groups is 1. The maximum atomic E-state index is 12.2. The van der Waals surface area contributed by atoms with Crippen LogP contribution in [0.2, 0.25) is 0 Å². The van der Waals surface area contributed by atoms with Gasteiger partial charge in [-0.15, -0.1) is 0 Å². The lowest BCUT2D eigenvalue weighted by molar-refractivity contribution is -0.138. The second kappa shape index (κ2) is 9.16. The van der Waals surface area contributed by atoms with Crippen molar-refractivity contribution in [2.24, 2.45) is 4.99 Å². The fourth-order valence-corrected chi connectivity index (χ4v) is 4.68. The minimum Gasteiger partial charge on any atom is -0.505 e. The highest BCUT2D eigenvalue weighted by atomic mass is 16.5. The standard InChI is InChI=1S/C24H30N4O4/c1-5-32-24(30)22-16(3)26-21(23(22)29)11-18-10-15(2)28(17(18)4)20-6-8-27(9-7-20)12-19-13-31-14-25-19/h10-11,13-14,20,29H,5-9,12H2,1-4H3/b21-11+. The van der Waals surface area contributed by atoms with Crippen molar-refractivity contribution in [2.75, 3.05) is 19.7 Å². The van der Waals surface area contributed by atoms with Crippen LogP contribution in [0.3, 0.4) is 0 Å². The van der Waals surface area contributed by atoms with E-state index < -0.39 is 5.97 Å². The topological polar surface area (TPSA) is 93.1 Å². The first kappa shape index (κ1) is 22.1. The van der Waals surface area contributed by atoms with Gasteiger partial charge in [-0.25, -0.2) is 14.8 Å².